The fourth-order valence-corrected chi connectivity index (χ4v) is 18.0. The lowest BCUT2D eigenvalue weighted by molar-refractivity contribution is 0.669. The van der Waals surface area contributed by atoms with Gasteiger partial charge in [0.15, 0.2) is 0 Å². The SMILES string of the molecule is [2H]c1c([2H])c([2H])c(-c2ccc3c(c2)oc2c(-c4ccc5c(c4)cc(-c4ccc(-c6c7ccccc7c(-c7c([2H])c([2H])c([2H])c([2H])c7[2H])c7ccccc67)cc4)c4ccccc45)cccc23)c([2H])c1[2H].[2H]c1c([2H])c([2H])c(-c2ccc3c(c2)oc2cccc(-c4ccc5c(-c6ccc(-c7c8ccccc8c(-c8c([2H])c([2H])c([2H])c([2H])c8[2H])c8ccccc78)cc6)cc6ccccc6c5c4)c23)c([2H])c1[2H]. The third-order valence-electron chi connectivity index (χ3n) is 23.2. The van der Waals surface area contributed by atoms with Crippen LogP contribution in [0.25, 0.3) is 241 Å². The first-order valence-electron chi connectivity index (χ1n) is 49.0. The molecule has 0 radical (unpaired) electrons. The molecule has 0 saturated heterocycles. The minimum Gasteiger partial charge on any atom is -0.456 e. The number of hydrogen-bond acceptors (Lipinski definition) is 2. The van der Waals surface area contributed by atoms with Crippen molar-refractivity contribution in [3.8, 4) is 111 Å². The zero-order chi connectivity index (χ0) is 95.1. The second kappa shape index (κ2) is 28.3. The number of para-hydroxylation sites is 1. The van der Waals surface area contributed by atoms with Gasteiger partial charge in [-0.15, -0.1) is 0 Å². The molecule has 0 saturated carbocycles. The summed E-state index contributed by atoms with van der Waals surface area (Å²) in [4.78, 5) is 0. The van der Waals surface area contributed by atoms with Gasteiger partial charge in [-0.05, 0) is 246 Å². The van der Waals surface area contributed by atoms with Gasteiger partial charge in [-0.2, -0.15) is 0 Å². The summed E-state index contributed by atoms with van der Waals surface area (Å²) in [6.45, 7) is 0. The summed E-state index contributed by atoms with van der Waals surface area (Å²) in [5, 5.41) is 19.0. The molecule has 2 nitrogen and oxygen atoms in total. The summed E-state index contributed by atoms with van der Waals surface area (Å²) in [6.07, 6.45) is 0. The van der Waals surface area contributed by atoms with Crippen LogP contribution in [0.3, 0.4) is 0 Å². The molecule has 118 heavy (non-hydrogen) atoms. The lowest BCUT2D eigenvalue weighted by atomic mass is 9.85. The van der Waals surface area contributed by atoms with Gasteiger partial charge >= 0.3 is 0 Å². The van der Waals surface area contributed by atoms with E-state index in [0.29, 0.717) is 44.6 Å². The fraction of sp³-hybridized carbons (Fsp3) is 0. The van der Waals surface area contributed by atoms with E-state index in [1.165, 1.54) is 0 Å². The normalized spacial score (nSPS) is 14.1. The highest BCUT2D eigenvalue weighted by atomic mass is 16.3. The van der Waals surface area contributed by atoms with Crippen LogP contribution < -0.4 is 0 Å². The Kier molecular flexibility index (Phi) is 12.1. The minimum absolute atomic E-state index is 0.126. The molecule has 0 aliphatic rings. The Hall–Kier alpha value is -15.5. The molecule has 2 heterocycles. The molecule has 0 fully saturated rings. The minimum atomic E-state index is -0.433. The molecule has 0 aliphatic carbocycles. The van der Waals surface area contributed by atoms with Crippen molar-refractivity contribution in [1.29, 1.82) is 0 Å². The van der Waals surface area contributed by atoms with E-state index >= 15 is 0 Å². The van der Waals surface area contributed by atoms with Crippen LogP contribution in [0.2, 0.25) is 0 Å². The van der Waals surface area contributed by atoms with Gasteiger partial charge in [-0.25, -0.2) is 0 Å². The molecule has 2 heteroatoms. The summed E-state index contributed by atoms with van der Waals surface area (Å²) >= 11 is 0. The van der Waals surface area contributed by atoms with E-state index in [1.54, 1.807) is 24.3 Å². The average Bonchev–Trinajstić information content (AvgIpc) is 0.785. The van der Waals surface area contributed by atoms with E-state index in [9.17, 15) is 0 Å². The Bertz CT molecular complexity index is 9240. The molecule has 24 aromatic rings. The van der Waals surface area contributed by atoms with Crippen LogP contribution in [0.5, 0.6) is 0 Å². The standard InChI is InChI=1S/2C58H36O/c1-3-14-37(15-4-1)41-30-33-48-53-25-13-24-45(58(53)59-55(48)36-41)42-31-32-44-43(34-42)35-54(47-19-8-7-18-46(44)47)38-26-28-40(29-27-38)57-51-22-11-9-20-49(51)56(39-16-5-2-6-17-39)50-21-10-12-23-52(50)57;1-3-14-37(15-4-1)41-30-33-51-55(36-41)59-54-25-13-24-45(58(51)54)43-31-32-46-52(34-42-18-7-8-19-44(42)53(46)35-43)38-26-28-40(29-27-38)57-49-22-11-9-20-47(49)56(39-16-5-2-6-17-39)48-21-10-12-23-50(48)57/h2*1-36H/i2*1D,2D,3D,4D,5D,6D,14D,15D,16D,17D. The maximum absolute atomic E-state index is 8.92. The number of benzene rings is 22. The van der Waals surface area contributed by atoms with Crippen molar-refractivity contribution in [2.24, 2.45) is 0 Å². The first-order chi connectivity index (χ1) is 66.8. The second-order valence-corrected chi connectivity index (χ2v) is 29.6. The second-order valence-electron chi connectivity index (χ2n) is 29.6. The van der Waals surface area contributed by atoms with E-state index in [-0.39, 0.29) is 119 Å². The van der Waals surface area contributed by atoms with Crippen molar-refractivity contribution in [2.45, 2.75) is 0 Å². The van der Waals surface area contributed by atoms with E-state index in [2.05, 4.69) is 146 Å². The Morgan fingerprint density at radius 1 is 0.161 bits per heavy atom. The van der Waals surface area contributed by atoms with Crippen LogP contribution in [0.1, 0.15) is 27.4 Å². The van der Waals surface area contributed by atoms with Crippen LogP contribution in [0, 0.1) is 0 Å². The van der Waals surface area contributed by atoms with Crippen molar-refractivity contribution >= 4 is 130 Å². The number of hydrogen-bond donors (Lipinski definition) is 0. The monoisotopic (exact) mass is 1520 g/mol. The molecule has 22 aromatic carbocycles. The molecule has 2 aromatic heterocycles. The Morgan fingerprint density at radius 2 is 0.508 bits per heavy atom. The molecule has 0 bridgehead atoms. The Labute approximate surface area is 710 Å². The van der Waals surface area contributed by atoms with Crippen molar-refractivity contribution in [2.75, 3.05) is 0 Å². The fourth-order valence-electron chi connectivity index (χ4n) is 18.0. The number of furan rings is 2. The van der Waals surface area contributed by atoms with E-state index in [0.717, 1.165) is 174 Å². The maximum atomic E-state index is 8.92. The van der Waals surface area contributed by atoms with Crippen LogP contribution >= 0.6 is 0 Å². The smallest absolute Gasteiger partial charge is 0.143 e. The van der Waals surface area contributed by atoms with E-state index in [4.69, 9.17) is 36.2 Å². The van der Waals surface area contributed by atoms with Crippen molar-refractivity contribution in [3.63, 3.8) is 0 Å². The van der Waals surface area contributed by atoms with Crippen LogP contribution in [-0.4, -0.2) is 0 Å². The maximum Gasteiger partial charge on any atom is 0.143 e. The summed E-state index contributed by atoms with van der Waals surface area (Å²) in [6, 6.07) is 99.1. The lowest BCUT2D eigenvalue weighted by Crippen LogP contribution is -1.91. The third kappa shape index (κ3) is 11.5. The third-order valence-corrected chi connectivity index (χ3v) is 23.2. The molecule has 0 N–H and O–H groups in total. The molecular formula is C116H72O2. The predicted octanol–water partition coefficient (Wildman–Crippen LogP) is 33.1. The molecule has 0 aliphatic heterocycles. The lowest BCUT2D eigenvalue weighted by Gasteiger charge is -2.18. The van der Waals surface area contributed by atoms with Crippen molar-refractivity contribution in [1.82, 2.24) is 0 Å². The molecule has 548 valence electrons. The Morgan fingerprint density at radius 3 is 1.03 bits per heavy atom. The molecule has 0 atom stereocenters. The topological polar surface area (TPSA) is 26.3 Å². The van der Waals surface area contributed by atoms with Crippen molar-refractivity contribution < 1.29 is 36.2 Å². The zero-order valence-electron chi connectivity index (χ0n) is 82.8. The summed E-state index contributed by atoms with van der Waals surface area (Å²) < 4.78 is 182. The molecule has 0 unspecified atom stereocenters. The van der Waals surface area contributed by atoms with Gasteiger partial charge in [0.05, 0.1) is 27.4 Å². The summed E-state index contributed by atoms with van der Waals surface area (Å²) in [5.41, 5.74) is 17.2. The largest absolute Gasteiger partial charge is 0.456 e. The first-order valence-corrected chi connectivity index (χ1v) is 39.0. The number of rotatable bonds is 10. The van der Waals surface area contributed by atoms with Crippen LogP contribution in [0.4, 0.5) is 0 Å². The first kappa shape index (κ1) is 50.6. The number of fused-ring (bicyclic) bond motifs is 16. The van der Waals surface area contributed by atoms with E-state index in [1.807, 2.05) is 146 Å². The molecule has 0 spiro atoms. The molecule has 0 amide bonds. The zero-order valence-corrected chi connectivity index (χ0v) is 62.8. The molecule has 24 rings (SSSR count). The van der Waals surface area contributed by atoms with Crippen LogP contribution in [0.15, 0.2) is 445 Å². The molecular weight excluding hydrogens is 1430 g/mol. The van der Waals surface area contributed by atoms with Crippen molar-refractivity contribution in [3.05, 3.63) is 436 Å². The highest BCUT2D eigenvalue weighted by molar-refractivity contribution is 6.25. The van der Waals surface area contributed by atoms with Gasteiger partial charge in [0, 0.05) is 27.1 Å². The summed E-state index contributed by atoms with van der Waals surface area (Å²) in [7, 11) is 0. The predicted molar refractivity (Wildman–Crippen MR) is 502 cm³/mol. The van der Waals surface area contributed by atoms with Gasteiger partial charge < -0.3 is 8.83 Å². The summed E-state index contributed by atoms with van der Waals surface area (Å²) in [5.74, 6) is 0. The quantitative estimate of drug-likeness (QED) is 0.101. The van der Waals surface area contributed by atoms with Crippen LogP contribution in [-0.2, 0) is 0 Å². The van der Waals surface area contributed by atoms with Gasteiger partial charge in [0.1, 0.15) is 22.3 Å². The highest BCUT2D eigenvalue weighted by Gasteiger charge is 2.23. The average molecular weight is 1520 g/mol. The van der Waals surface area contributed by atoms with Gasteiger partial charge in [0.2, 0.25) is 0 Å². The van der Waals surface area contributed by atoms with Gasteiger partial charge in [0.25, 0.3) is 0 Å². The van der Waals surface area contributed by atoms with Gasteiger partial charge in [-0.3, -0.25) is 0 Å². The van der Waals surface area contributed by atoms with Gasteiger partial charge in [-0.1, -0.05) is 382 Å². The Balaban J connectivity index is 0.000000155. The van der Waals surface area contributed by atoms with E-state index < -0.39 is 24.2 Å². The highest BCUT2D eigenvalue weighted by Crippen LogP contribution is 2.50.